The standard InChI is InChI=1S/C20H23NO6S/c1-12-7-9-13(10-8-12)28(25,26)11-21-17(22)16(18(23)27-2)20(19(21)24)14-5-3-4-6-15(14)20/h7-10,14-16H,3-6,11H2,1-2H3. The summed E-state index contributed by atoms with van der Waals surface area (Å²) in [6.45, 7) is 1.84. The molecule has 3 aliphatic rings. The van der Waals surface area contributed by atoms with Crippen molar-refractivity contribution >= 4 is 27.6 Å². The number of methoxy groups -OCH3 is 1. The first-order valence-electron chi connectivity index (χ1n) is 9.48. The number of imide groups is 1. The van der Waals surface area contributed by atoms with E-state index in [4.69, 9.17) is 4.74 Å². The zero-order valence-electron chi connectivity index (χ0n) is 15.9. The van der Waals surface area contributed by atoms with Crippen LogP contribution >= 0.6 is 0 Å². The van der Waals surface area contributed by atoms with Crippen LogP contribution in [-0.4, -0.2) is 44.1 Å². The van der Waals surface area contributed by atoms with E-state index in [9.17, 15) is 22.8 Å². The number of ether oxygens (including phenoxy) is 1. The number of sulfone groups is 1. The molecule has 1 aliphatic heterocycles. The normalized spacial score (nSPS) is 31.8. The van der Waals surface area contributed by atoms with Gasteiger partial charge in [-0.15, -0.1) is 0 Å². The van der Waals surface area contributed by atoms with E-state index in [1.54, 1.807) is 12.1 Å². The van der Waals surface area contributed by atoms with Crippen molar-refractivity contribution < 1.29 is 27.5 Å². The lowest BCUT2D eigenvalue weighted by Gasteiger charge is -2.15. The van der Waals surface area contributed by atoms with Crippen LogP contribution in [0.5, 0.6) is 0 Å². The van der Waals surface area contributed by atoms with Crippen LogP contribution in [0.2, 0.25) is 0 Å². The van der Waals surface area contributed by atoms with Crippen LogP contribution < -0.4 is 0 Å². The SMILES string of the molecule is COC(=O)C1C(=O)N(CS(=O)(=O)c2ccc(C)cc2)C(=O)C12C1CCCCC12. The fraction of sp³-hybridized carbons (Fsp3) is 0.550. The van der Waals surface area contributed by atoms with Crippen LogP contribution in [-0.2, 0) is 29.0 Å². The molecule has 1 aromatic rings. The number of fused-ring (bicyclic) bond motifs is 3. The topological polar surface area (TPSA) is 97.8 Å². The minimum absolute atomic E-state index is 0.0440. The van der Waals surface area contributed by atoms with Crippen molar-refractivity contribution in [3.8, 4) is 0 Å². The molecule has 150 valence electrons. The molecule has 0 N–H and O–H groups in total. The monoisotopic (exact) mass is 405 g/mol. The number of hydrogen-bond donors (Lipinski definition) is 0. The Morgan fingerprint density at radius 1 is 1.14 bits per heavy atom. The fourth-order valence-corrected chi connectivity index (χ4v) is 6.54. The van der Waals surface area contributed by atoms with Gasteiger partial charge < -0.3 is 4.74 Å². The van der Waals surface area contributed by atoms with E-state index in [1.165, 1.54) is 19.2 Å². The molecule has 0 bridgehead atoms. The van der Waals surface area contributed by atoms with Gasteiger partial charge in [-0.2, -0.15) is 0 Å². The number of carbonyl (C=O) groups excluding carboxylic acids is 3. The number of benzene rings is 1. The molecule has 0 aromatic heterocycles. The highest BCUT2D eigenvalue weighted by Crippen LogP contribution is 2.72. The molecule has 1 saturated heterocycles. The molecule has 8 heteroatoms. The second-order valence-electron chi connectivity index (χ2n) is 8.01. The van der Waals surface area contributed by atoms with Gasteiger partial charge in [-0.05, 0) is 43.7 Å². The molecular formula is C20H23NO6S. The smallest absolute Gasteiger partial charge is 0.319 e. The summed E-state index contributed by atoms with van der Waals surface area (Å²) in [6, 6.07) is 6.24. The van der Waals surface area contributed by atoms with Crippen molar-refractivity contribution in [2.45, 2.75) is 37.5 Å². The highest BCUT2D eigenvalue weighted by Gasteiger charge is 2.80. The molecule has 1 spiro atoms. The number of esters is 1. The van der Waals surface area contributed by atoms with Gasteiger partial charge in [0, 0.05) is 0 Å². The van der Waals surface area contributed by atoms with E-state index < -0.39 is 44.8 Å². The summed E-state index contributed by atoms with van der Waals surface area (Å²) in [4.78, 5) is 39.5. The number of amides is 2. The van der Waals surface area contributed by atoms with Crippen LogP contribution in [0.25, 0.3) is 0 Å². The van der Waals surface area contributed by atoms with Crippen molar-refractivity contribution in [3.05, 3.63) is 29.8 Å². The number of likely N-dealkylation sites (tertiary alicyclic amines) is 1. The quantitative estimate of drug-likeness (QED) is 0.430. The number of carbonyl (C=O) groups is 3. The predicted octanol–water partition coefficient (Wildman–Crippen LogP) is 1.69. The van der Waals surface area contributed by atoms with Crippen LogP contribution in [0, 0.1) is 30.1 Å². The molecule has 1 heterocycles. The van der Waals surface area contributed by atoms with E-state index in [1.807, 2.05) is 6.92 Å². The lowest BCUT2D eigenvalue weighted by atomic mass is 9.87. The van der Waals surface area contributed by atoms with Gasteiger partial charge in [0.05, 0.1) is 17.4 Å². The van der Waals surface area contributed by atoms with Gasteiger partial charge >= 0.3 is 5.97 Å². The predicted molar refractivity (Wildman–Crippen MR) is 98.5 cm³/mol. The molecule has 0 radical (unpaired) electrons. The van der Waals surface area contributed by atoms with Gasteiger partial charge in [0.25, 0.3) is 0 Å². The Balaban J connectivity index is 1.69. The average molecular weight is 405 g/mol. The summed E-state index contributed by atoms with van der Waals surface area (Å²) in [5.74, 6) is -4.10. The van der Waals surface area contributed by atoms with Gasteiger partial charge in [-0.3, -0.25) is 19.3 Å². The summed E-state index contributed by atoms with van der Waals surface area (Å²) >= 11 is 0. The first-order chi connectivity index (χ1) is 13.2. The molecule has 3 atom stereocenters. The van der Waals surface area contributed by atoms with Crippen LogP contribution in [0.1, 0.15) is 31.2 Å². The molecule has 7 nitrogen and oxygen atoms in total. The molecule has 4 rings (SSSR count). The molecule has 3 unspecified atom stereocenters. The summed E-state index contributed by atoms with van der Waals surface area (Å²) < 4.78 is 30.5. The highest BCUT2D eigenvalue weighted by atomic mass is 32.2. The average Bonchev–Trinajstić information content (AvgIpc) is 3.29. The van der Waals surface area contributed by atoms with E-state index >= 15 is 0 Å². The third kappa shape index (κ3) is 2.53. The van der Waals surface area contributed by atoms with Crippen molar-refractivity contribution in [1.82, 2.24) is 4.90 Å². The minimum atomic E-state index is -3.91. The van der Waals surface area contributed by atoms with E-state index in [-0.39, 0.29) is 16.7 Å². The lowest BCUT2D eigenvalue weighted by Crippen LogP contribution is -2.37. The van der Waals surface area contributed by atoms with Crippen molar-refractivity contribution in [2.75, 3.05) is 13.0 Å². The van der Waals surface area contributed by atoms with Crippen LogP contribution in [0.4, 0.5) is 0 Å². The van der Waals surface area contributed by atoms with E-state index in [2.05, 4.69) is 0 Å². The van der Waals surface area contributed by atoms with E-state index in [0.717, 1.165) is 36.1 Å². The number of hydrogen-bond acceptors (Lipinski definition) is 6. The molecule has 2 aliphatic carbocycles. The molecule has 28 heavy (non-hydrogen) atoms. The fourth-order valence-electron chi connectivity index (χ4n) is 5.26. The molecular weight excluding hydrogens is 382 g/mol. The Kier molecular flexibility index (Phi) is 4.37. The maximum Gasteiger partial charge on any atom is 0.319 e. The minimum Gasteiger partial charge on any atom is -0.468 e. The van der Waals surface area contributed by atoms with Gasteiger partial charge in [-0.25, -0.2) is 8.42 Å². The molecule has 2 saturated carbocycles. The summed E-state index contributed by atoms with van der Waals surface area (Å²) in [7, 11) is -2.72. The lowest BCUT2D eigenvalue weighted by molar-refractivity contribution is -0.152. The maximum atomic E-state index is 13.3. The first kappa shape index (κ1) is 19.1. The van der Waals surface area contributed by atoms with Crippen molar-refractivity contribution in [1.29, 1.82) is 0 Å². The van der Waals surface area contributed by atoms with E-state index in [0.29, 0.717) is 0 Å². The summed E-state index contributed by atoms with van der Waals surface area (Å²) in [5.41, 5.74) is -0.206. The number of rotatable bonds is 4. The Hall–Kier alpha value is -2.22. The summed E-state index contributed by atoms with van der Waals surface area (Å²) in [5, 5.41) is 0. The van der Waals surface area contributed by atoms with Crippen LogP contribution in [0.3, 0.4) is 0 Å². The molecule has 2 amide bonds. The molecule has 1 aromatic carbocycles. The number of aryl methyl sites for hydroxylation is 1. The number of nitrogens with zero attached hydrogens (tertiary/aromatic N) is 1. The van der Waals surface area contributed by atoms with Crippen LogP contribution in [0.15, 0.2) is 29.2 Å². The first-order valence-corrected chi connectivity index (χ1v) is 11.1. The third-order valence-corrected chi connectivity index (χ3v) is 8.19. The maximum absolute atomic E-state index is 13.3. The Morgan fingerprint density at radius 2 is 1.71 bits per heavy atom. The Morgan fingerprint density at radius 3 is 2.25 bits per heavy atom. The van der Waals surface area contributed by atoms with Crippen molar-refractivity contribution in [3.63, 3.8) is 0 Å². The highest BCUT2D eigenvalue weighted by molar-refractivity contribution is 7.91. The Bertz CT molecular complexity index is 939. The second-order valence-corrected chi connectivity index (χ2v) is 9.97. The van der Waals surface area contributed by atoms with Crippen molar-refractivity contribution in [2.24, 2.45) is 23.2 Å². The molecule has 3 fully saturated rings. The Labute approximate surface area is 164 Å². The third-order valence-electron chi connectivity index (χ3n) is 6.61. The zero-order chi connectivity index (χ0) is 20.3. The second kappa shape index (κ2) is 6.40. The van der Waals surface area contributed by atoms with Gasteiger partial charge in [-0.1, -0.05) is 30.5 Å². The van der Waals surface area contributed by atoms with Gasteiger partial charge in [0.15, 0.2) is 15.8 Å². The zero-order valence-corrected chi connectivity index (χ0v) is 16.7. The summed E-state index contributed by atoms with van der Waals surface area (Å²) in [6.07, 6.45) is 3.44. The van der Waals surface area contributed by atoms with Gasteiger partial charge in [0.1, 0.15) is 5.88 Å². The van der Waals surface area contributed by atoms with Gasteiger partial charge in [0.2, 0.25) is 11.8 Å². The largest absolute Gasteiger partial charge is 0.468 e.